The van der Waals surface area contributed by atoms with E-state index < -0.39 is 6.09 Å². The maximum atomic E-state index is 11.2. The Bertz CT molecular complexity index is 233. The molecular weight excluding hydrogens is 523 g/mol. The van der Waals surface area contributed by atoms with E-state index in [4.69, 9.17) is 4.74 Å². The first kappa shape index (κ1) is 15.2. The second-order valence-corrected chi connectivity index (χ2v) is 9.70. The van der Waals surface area contributed by atoms with Gasteiger partial charge in [-0.25, -0.2) is 4.79 Å². The van der Waals surface area contributed by atoms with Gasteiger partial charge in [0.15, 0.2) is 0 Å². The van der Waals surface area contributed by atoms with E-state index in [2.05, 4.69) is 73.1 Å². The van der Waals surface area contributed by atoms with Crippen molar-refractivity contribution in [2.24, 2.45) is 0 Å². The van der Waals surface area contributed by atoms with Crippen LogP contribution in [0.4, 0.5) is 4.79 Å². The van der Waals surface area contributed by atoms with Gasteiger partial charge in [0.25, 0.3) is 0 Å². The van der Waals surface area contributed by atoms with Gasteiger partial charge in [-0.15, -0.1) is 0 Å². The Hall–Kier alpha value is 1.20. The summed E-state index contributed by atoms with van der Waals surface area (Å²) in [6, 6.07) is 0. The average molecular weight is 535 g/mol. The van der Waals surface area contributed by atoms with Crippen molar-refractivity contribution in [3.63, 3.8) is 0 Å². The molecule has 0 aliphatic rings. The molecule has 0 atom stereocenters. The molecule has 1 amide bonds. The van der Waals surface area contributed by atoms with Crippen molar-refractivity contribution < 1.29 is 9.53 Å². The number of rotatable bonds is 2. The number of halogens is 3. The first-order valence-electron chi connectivity index (χ1n) is 3.85. The highest BCUT2D eigenvalue weighted by atomic mass is 127. The monoisotopic (exact) mass is 535 g/mol. The molecule has 0 aromatic heterocycles. The number of carbonyl (C=O) groups excluding carboxylic acids is 1. The summed E-state index contributed by atoms with van der Waals surface area (Å²) >= 11 is 6.63. The fourth-order valence-corrected chi connectivity index (χ4v) is 0.918. The molecule has 0 unspecified atom stereocenters. The van der Waals surface area contributed by atoms with Gasteiger partial charge in [0.2, 0.25) is 0 Å². The second kappa shape index (κ2) is 6.71. The topological polar surface area (TPSA) is 38.3 Å². The Kier molecular flexibility index (Phi) is 7.29. The average Bonchev–Trinajstić information content (AvgIpc) is 1.96. The van der Waals surface area contributed by atoms with E-state index in [-0.39, 0.29) is 5.54 Å². The molecule has 0 heterocycles. The molecule has 0 aliphatic carbocycles. The fourth-order valence-electron chi connectivity index (χ4n) is 0.497. The first-order valence-corrected chi connectivity index (χ1v) is 7.42. The Balaban J connectivity index is 4.04. The first-order chi connectivity index (χ1) is 6.22. The summed E-state index contributed by atoms with van der Waals surface area (Å²) in [5.74, 6) is 0. The molecule has 14 heavy (non-hydrogen) atoms. The van der Waals surface area contributed by atoms with Crippen LogP contribution in [0.25, 0.3) is 0 Å². The molecule has 3 nitrogen and oxygen atoms in total. The third kappa shape index (κ3) is 8.50. The number of amides is 1. The molecule has 0 spiro atoms. The van der Waals surface area contributed by atoms with E-state index in [1.807, 2.05) is 20.8 Å². The summed E-state index contributed by atoms with van der Waals surface area (Å²) < 4.78 is 6.23. The lowest BCUT2D eigenvalue weighted by Crippen LogP contribution is -2.40. The number of carbonyl (C=O) groups is 1. The van der Waals surface area contributed by atoms with Crippen LogP contribution >= 0.6 is 67.8 Å². The molecule has 0 radical (unpaired) electrons. The Morgan fingerprint density at radius 2 is 1.93 bits per heavy atom. The van der Waals surface area contributed by atoms with Gasteiger partial charge >= 0.3 is 6.09 Å². The predicted molar refractivity (Wildman–Crippen MR) is 83.3 cm³/mol. The van der Waals surface area contributed by atoms with E-state index >= 15 is 0 Å². The molecule has 1 N–H and O–H groups in total. The molecular formula is C8H12I3NO2. The smallest absolute Gasteiger partial charge is 0.412 e. The van der Waals surface area contributed by atoms with Crippen molar-refractivity contribution in [3.05, 3.63) is 9.84 Å². The molecule has 0 saturated carbocycles. The fraction of sp³-hybridized carbons (Fsp3) is 0.625. The van der Waals surface area contributed by atoms with Gasteiger partial charge in [0.05, 0.1) is 1.93 Å². The zero-order valence-corrected chi connectivity index (χ0v) is 14.6. The van der Waals surface area contributed by atoms with Crippen LogP contribution in [-0.2, 0) is 4.74 Å². The van der Waals surface area contributed by atoms with Crippen molar-refractivity contribution in [3.8, 4) is 0 Å². The lowest BCUT2D eigenvalue weighted by atomic mass is 10.1. The van der Waals surface area contributed by atoms with Crippen LogP contribution in [0.5, 0.6) is 0 Å². The minimum atomic E-state index is -0.417. The summed E-state index contributed by atoms with van der Waals surface area (Å²) in [4.78, 5) is 11.2. The molecule has 0 aliphatic heterocycles. The van der Waals surface area contributed by atoms with Crippen LogP contribution in [0.15, 0.2) is 9.84 Å². The minimum Gasteiger partial charge on any atom is -0.417 e. The molecule has 0 aromatic carbocycles. The van der Waals surface area contributed by atoms with Gasteiger partial charge in [-0.1, -0.05) is 45.2 Å². The molecule has 6 heteroatoms. The number of alkyl halides is 2. The third-order valence-corrected chi connectivity index (χ3v) is 5.57. The number of nitrogens with one attached hydrogen (secondary N) is 1. The molecule has 0 fully saturated rings. The number of hydrogen-bond donors (Lipinski definition) is 1. The Morgan fingerprint density at radius 3 is 2.29 bits per heavy atom. The maximum Gasteiger partial charge on any atom is 0.412 e. The summed E-state index contributed by atoms with van der Waals surface area (Å²) in [5, 5.41) is 2.70. The van der Waals surface area contributed by atoms with Gasteiger partial charge in [-0.05, 0) is 43.4 Å². The van der Waals surface area contributed by atoms with E-state index in [1.165, 1.54) is 6.26 Å². The predicted octanol–water partition coefficient (Wildman–Crippen LogP) is 3.98. The van der Waals surface area contributed by atoms with Crippen molar-refractivity contribution in [2.75, 3.05) is 0 Å². The standard InChI is InChI=1S/C8H12I3NO2/c1-8(2,3)12-7(13)14-4-5(9)6(10)11/h4,6H,1-3H3,(H,12,13). The third-order valence-electron chi connectivity index (χ3n) is 0.964. The van der Waals surface area contributed by atoms with Gasteiger partial charge in [0.1, 0.15) is 6.26 Å². The van der Waals surface area contributed by atoms with Crippen LogP contribution in [0.1, 0.15) is 20.8 Å². The Morgan fingerprint density at radius 1 is 1.43 bits per heavy atom. The highest BCUT2D eigenvalue weighted by Crippen LogP contribution is 2.25. The zero-order valence-electron chi connectivity index (χ0n) is 8.11. The van der Waals surface area contributed by atoms with Crippen molar-refractivity contribution in [1.29, 1.82) is 0 Å². The van der Waals surface area contributed by atoms with E-state index in [1.54, 1.807) is 0 Å². The molecule has 0 rings (SSSR count). The quantitative estimate of drug-likeness (QED) is 0.331. The number of alkyl carbamates (subject to hydrolysis) is 1. The van der Waals surface area contributed by atoms with E-state index in [0.29, 0.717) is 1.93 Å². The highest BCUT2D eigenvalue weighted by molar-refractivity contribution is 14.2. The minimum absolute atomic E-state index is 0.260. The number of allylic oxidation sites excluding steroid dienone is 1. The summed E-state index contributed by atoms with van der Waals surface area (Å²) in [5.41, 5.74) is -0.260. The molecule has 82 valence electrons. The Labute approximate surface area is 125 Å². The van der Waals surface area contributed by atoms with E-state index in [9.17, 15) is 4.79 Å². The van der Waals surface area contributed by atoms with Gasteiger partial charge in [-0.3, -0.25) is 0 Å². The highest BCUT2D eigenvalue weighted by Gasteiger charge is 2.14. The zero-order chi connectivity index (χ0) is 11.4. The molecule has 0 aromatic rings. The van der Waals surface area contributed by atoms with Gasteiger partial charge < -0.3 is 10.1 Å². The lowest BCUT2D eigenvalue weighted by molar-refractivity contribution is 0.175. The molecule has 0 saturated heterocycles. The summed E-state index contributed by atoms with van der Waals surface area (Å²) in [6.45, 7) is 5.72. The maximum absolute atomic E-state index is 11.2. The number of ether oxygens (including phenoxy) is 1. The van der Waals surface area contributed by atoms with Gasteiger partial charge in [0, 0.05) is 9.12 Å². The normalized spacial score (nSPS) is 12.9. The molecule has 0 bridgehead atoms. The van der Waals surface area contributed by atoms with Crippen LogP contribution in [0.2, 0.25) is 0 Å². The van der Waals surface area contributed by atoms with Crippen molar-refractivity contribution in [1.82, 2.24) is 5.32 Å². The van der Waals surface area contributed by atoms with Crippen molar-refractivity contribution in [2.45, 2.75) is 28.2 Å². The summed E-state index contributed by atoms with van der Waals surface area (Å²) in [7, 11) is 0. The van der Waals surface area contributed by atoms with Crippen LogP contribution in [0, 0.1) is 0 Å². The lowest BCUT2D eigenvalue weighted by Gasteiger charge is -2.19. The van der Waals surface area contributed by atoms with Crippen LogP contribution in [0.3, 0.4) is 0 Å². The van der Waals surface area contributed by atoms with Crippen LogP contribution in [-0.4, -0.2) is 13.6 Å². The number of hydrogen-bond acceptors (Lipinski definition) is 2. The SMILES string of the molecule is CC(C)(C)NC(=O)OC=C(I)C(I)I. The van der Waals surface area contributed by atoms with Gasteiger partial charge in [-0.2, -0.15) is 0 Å². The van der Waals surface area contributed by atoms with E-state index in [0.717, 1.165) is 3.58 Å². The van der Waals surface area contributed by atoms with Crippen LogP contribution < -0.4 is 5.32 Å². The summed E-state index contributed by atoms with van der Waals surface area (Å²) in [6.07, 6.45) is 1.06. The largest absolute Gasteiger partial charge is 0.417 e. The second-order valence-electron chi connectivity index (χ2n) is 3.58. The van der Waals surface area contributed by atoms with Crippen molar-refractivity contribution >= 4 is 73.9 Å².